The average molecular weight is 463 g/mol. The van der Waals surface area contributed by atoms with Crippen LogP contribution in [0.4, 0.5) is 0 Å². The van der Waals surface area contributed by atoms with Gasteiger partial charge in [-0.25, -0.2) is 0 Å². The molecule has 3 atom stereocenters. The van der Waals surface area contributed by atoms with Crippen molar-refractivity contribution < 1.29 is 19.1 Å². The standard InChI is InChI=1S/C25H19BrO4/c1-15(23(27)16-8-4-2-5-9-16)21-19-14-18(26)12-13-20(19)30-25(29)22(21)24(28)17-10-6-3-7-11-17/h2-15,21-22H,1H3/t15-,21+,22-/m0/s1. The van der Waals surface area contributed by atoms with Gasteiger partial charge in [-0.05, 0) is 18.2 Å². The van der Waals surface area contributed by atoms with E-state index in [1.165, 1.54) is 0 Å². The molecule has 3 aromatic rings. The molecule has 1 heterocycles. The first-order valence-corrected chi connectivity index (χ1v) is 10.5. The van der Waals surface area contributed by atoms with Crippen molar-refractivity contribution in [3.05, 3.63) is 100 Å². The van der Waals surface area contributed by atoms with Gasteiger partial charge in [0, 0.05) is 33.0 Å². The lowest BCUT2D eigenvalue weighted by molar-refractivity contribution is -0.139. The molecular weight excluding hydrogens is 444 g/mol. The summed E-state index contributed by atoms with van der Waals surface area (Å²) < 4.78 is 6.30. The maximum atomic E-state index is 13.4. The Morgan fingerprint density at radius 2 is 1.50 bits per heavy atom. The first kappa shape index (κ1) is 20.2. The number of rotatable bonds is 5. The highest BCUT2D eigenvalue weighted by atomic mass is 79.9. The molecule has 1 aliphatic heterocycles. The van der Waals surface area contributed by atoms with Gasteiger partial charge in [-0.3, -0.25) is 14.4 Å². The molecule has 4 nitrogen and oxygen atoms in total. The molecule has 0 bridgehead atoms. The third-order valence-electron chi connectivity index (χ3n) is 5.51. The van der Waals surface area contributed by atoms with E-state index in [0.29, 0.717) is 22.4 Å². The number of carbonyl (C=O) groups is 3. The quantitative estimate of drug-likeness (QED) is 0.218. The predicted molar refractivity (Wildman–Crippen MR) is 117 cm³/mol. The highest BCUT2D eigenvalue weighted by Gasteiger charge is 2.47. The Morgan fingerprint density at radius 3 is 2.13 bits per heavy atom. The molecule has 0 spiro atoms. The number of esters is 1. The second kappa shape index (κ2) is 8.36. The van der Waals surface area contributed by atoms with E-state index in [4.69, 9.17) is 4.74 Å². The topological polar surface area (TPSA) is 60.4 Å². The van der Waals surface area contributed by atoms with Gasteiger partial charge in [0.1, 0.15) is 11.7 Å². The number of ketones is 2. The van der Waals surface area contributed by atoms with E-state index in [1.54, 1.807) is 73.7 Å². The lowest BCUT2D eigenvalue weighted by Crippen LogP contribution is -2.41. The molecule has 0 aliphatic carbocycles. The second-order valence-corrected chi connectivity index (χ2v) is 8.27. The Kier molecular flexibility index (Phi) is 5.64. The summed E-state index contributed by atoms with van der Waals surface area (Å²) in [4.78, 5) is 39.6. The molecule has 0 fully saturated rings. The molecule has 0 aromatic heterocycles. The number of ether oxygens (including phenoxy) is 1. The molecule has 3 aromatic carbocycles. The fourth-order valence-electron chi connectivity index (χ4n) is 4.01. The van der Waals surface area contributed by atoms with Gasteiger partial charge in [0.05, 0.1) is 0 Å². The van der Waals surface area contributed by atoms with Gasteiger partial charge in [-0.2, -0.15) is 0 Å². The van der Waals surface area contributed by atoms with Gasteiger partial charge in [0.15, 0.2) is 11.6 Å². The maximum absolute atomic E-state index is 13.4. The van der Waals surface area contributed by atoms with Crippen LogP contribution in [0.1, 0.15) is 39.1 Å². The molecule has 0 unspecified atom stereocenters. The number of Topliss-reactive ketones (excluding diaryl/α,β-unsaturated/α-hetero) is 2. The number of benzene rings is 3. The third kappa shape index (κ3) is 3.73. The van der Waals surface area contributed by atoms with Crippen molar-refractivity contribution in [2.75, 3.05) is 0 Å². The first-order chi connectivity index (χ1) is 14.5. The number of hydrogen-bond acceptors (Lipinski definition) is 4. The molecule has 0 saturated heterocycles. The van der Waals surface area contributed by atoms with Gasteiger partial charge in [-0.1, -0.05) is 83.5 Å². The molecule has 0 saturated carbocycles. The lowest BCUT2D eigenvalue weighted by Gasteiger charge is -2.34. The summed E-state index contributed by atoms with van der Waals surface area (Å²) in [6.45, 7) is 1.77. The monoisotopic (exact) mass is 462 g/mol. The highest BCUT2D eigenvalue weighted by Crippen LogP contribution is 2.45. The average Bonchev–Trinajstić information content (AvgIpc) is 2.78. The van der Waals surface area contributed by atoms with Crippen LogP contribution in [-0.4, -0.2) is 17.5 Å². The summed E-state index contributed by atoms with van der Waals surface area (Å²) in [6.07, 6.45) is 0. The van der Waals surface area contributed by atoms with E-state index in [9.17, 15) is 14.4 Å². The molecule has 1 aliphatic rings. The summed E-state index contributed by atoms with van der Waals surface area (Å²) in [5.74, 6) is -3.05. The molecule has 150 valence electrons. The van der Waals surface area contributed by atoms with Crippen molar-refractivity contribution in [2.24, 2.45) is 11.8 Å². The molecule has 4 rings (SSSR count). The van der Waals surface area contributed by atoms with Crippen molar-refractivity contribution in [1.29, 1.82) is 0 Å². The van der Waals surface area contributed by atoms with E-state index >= 15 is 0 Å². The second-order valence-electron chi connectivity index (χ2n) is 7.36. The Hall–Kier alpha value is -3.05. The van der Waals surface area contributed by atoms with Gasteiger partial charge in [-0.15, -0.1) is 0 Å². The fourth-order valence-corrected chi connectivity index (χ4v) is 4.39. The highest BCUT2D eigenvalue weighted by molar-refractivity contribution is 9.10. The van der Waals surface area contributed by atoms with Gasteiger partial charge in [0.25, 0.3) is 0 Å². The van der Waals surface area contributed by atoms with Crippen LogP contribution in [-0.2, 0) is 4.79 Å². The molecule has 5 heteroatoms. The van der Waals surface area contributed by atoms with Crippen LogP contribution in [0, 0.1) is 11.8 Å². The zero-order chi connectivity index (χ0) is 21.3. The normalized spacial score (nSPS) is 18.8. The first-order valence-electron chi connectivity index (χ1n) is 9.67. The summed E-state index contributed by atoms with van der Waals surface area (Å²) in [5.41, 5.74) is 1.64. The molecule has 0 radical (unpaired) electrons. The van der Waals surface area contributed by atoms with Crippen molar-refractivity contribution in [2.45, 2.75) is 12.8 Å². The van der Waals surface area contributed by atoms with Crippen LogP contribution >= 0.6 is 15.9 Å². The lowest BCUT2D eigenvalue weighted by atomic mass is 9.71. The Labute approximate surface area is 183 Å². The molecule has 30 heavy (non-hydrogen) atoms. The smallest absolute Gasteiger partial charge is 0.322 e. The van der Waals surface area contributed by atoms with Crippen LogP contribution in [0.15, 0.2) is 83.3 Å². The van der Waals surface area contributed by atoms with Crippen molar-refractivity contribution in [3.63, 3.8) is 0 Å². The number of fused-ring (bicyclic) bond motifs is 1. The Bertz CT molecular complexity index is 1110. The third-order valence-corrected chi connectivity index (χ3v) is 6.00. The van der Waals surface area contributed by atoms with Crippen molar-refractivity contribution >= 4 is 33.5 Å². The molecule has 0 N–H and O–H groups in total. The number of carbonyl (C=O) groups excluding carboxylic acids is 3. The summed E-state index contributed by atoms with van der Waals surface area (Å²) in [6, 6.07) is 22.9. The van der Waals surface area contributed by atoms with Gasteiger partial charge >= 0.3 is 5.97 Å². The number of hydrogen-bond donors (Lipinski definition) is 0. The zero-order valence-corrected chi connectivity index (χ0v) is 17.8. The van der Waals surface area contributed by atoms with Crippen LogP contribution in [0.25, 0.3) is 0 Å². The van der Waals surface area contributed by atoms with E-state index in [1.807, 2.05) is 12.1 Å². The maximum Gasteiger partial charge on any atom is 0.322 e. The predicted octanol–water partition coefficient (Wildman–Crippen LogP) is 5.47. The SMILES string of the molecule is C[C@H](C(=O)c1ccccc1)[C@@H]1c2cc(Br)ccc2OC(=O)[C@@H]1C(=O)c1ccccc1. The van der Waals surface area contributed by atoms with Gasteiger partial charge < -0.3 is 4.74 Å². The van der Waals surface area contributed by atoms with Crippen LogP contribution in [0.3, 0.4) is 0 Å². The Morgan fingerprint density at radius 1 is 0.900 bits per heavy atom. The summed E-state index contributed by atoms with van der Waals surface area (Å²) in [5, 5.41) is 0. The summed E-state index contributed by atoms with van der Waals surface area (Å²) >= 11 is 3.46. The van der Waals surface area contributed by atoms with E-state index in [0.717, 1.165) is 4.47 Å². The zero-order valence-electron chi connectivity index (χ0n) is 16.2. The van der Waals surface area contributed by atoms with Gasteiger partial charge in [0.2, 0.25) is 0 Å². The molecule has 0 amide bonds. The van der Waals surface area contributed by atoms with E-state index in [-0.39, 0.29) is 11.6 Å². The van der Waals surface area contributed by atoms with Crippen LogP contribution in [0.2, 0.25) is 0 Å². The van der Waals surface area contributed by atoms with Crippen LogP contribution in [0.5, 0.6) is 5.75 Å². The van der Waals surface area contributed by atoms with Crippen molar-refractivity contribution in [3.8, 4) is 5.75 Å². The molecular formula is C25H19BrO4. The minimum atomic E-state index is -1.10. The number of halogens is 1. The van der Waals surface area contributed by atoms with Crippen LogP contribution < -0.4 is 4.74 Å². The van der Waals surface area contributed by atoms with Crippen molar-refractivity contribution in [1.82, 2.24) is 0 Å². The Balaban J connectivity index is 1.82. The summed E-state index contributed by atoms with van der Waals surface area (Å²) in [7, 11) is 0. The minimum Gasteiger partial charge on any atom is -0.426 e. The minimum absolute atomic E-state index is 0.118. The van der Waals surface area contributed by atoms with E-state index in [2.05, 4.69) is 15.9 Å². The van der Waals surface area contributed by atoms with E-state index < -0.39 is 23.7 Å². The largest absolute Gasteiger partial charge is 0.426 e. The fraction of sp³-hybridized carbons (Fsp3) is 0.160.